The van der Waals surface area contributed by atoms with E-state index in [1.54, 1.807) is 0 Å². The van der Waals surface area contributed by atoms with E-state index in [-0.39, 0.29) is 5.78 Å². The monoisotopic (exact) mass is 219 g/mol. The van der Waals surface area contributed by atoms with Crippen LogP contribution in [0.1, 0.15) is 50.6 Å². The smallest absolute Gasteiger partial charge is 0.154 e. The van der Waals surface area contributed by atoms with E-state index < -0.39 is 6.04 Å². The average molecular weight is 219 g/mol. The van der Waals surface area contributed by atoms with E-state index in [2.05, 4.69) is 6.92 Å². The molecule has 2 heteroatoms. The van der Waals surface area contributed by atoms with Crippen molar-refractivity contribution in [2.24, 2.45) is 5.73 Å². The van der Waals surface area contributed by atoms with Gasteiger partial charge in [0.05, 0.1) is 6.04 Å². The Hall–Kier alpha value is -1.15. The highest BCUT2D eigenvalue weighted by molar-refractivity contribution is 5.84. The highest BCUT2D eigenvalue weighted by Gasteiger charge is 2.14. The molecule has 0 unspecified atom stereocenters. The number of carbonyl (C=O) groups is 1. The largest absolute Gasteiger partial charge is 0.318 e. The van der Waals surface area contributed by atoms with Gasteiger partial charge in [0.25, 0.3) is 0 Å². The SMILES string of the molecule is CCCCCCC(=O)[C@H](N)c1ccccc1. The minimum Gasteiger partial charge on any atom is -0.318 e. The summed E-state index contributed by atoms with van der Waals surface area (Å²) < 4.78 is 0. The highest BCUT2D eigenvalue weighted by atomic mass is 16.1. The Bertz CT molecular complexity index is 308. The highest BCUT2D eigenvalue weighted by Crippen LogP contribution is 2.14. The number of nitrogens with two attached hydrogens (primary N) is 1. The van der Waals surface area contributed by atoms with Crippen LogP contribution in [0.15, 0.2) is 30.3 Å². The molecule has 0 heterocycles. The molecule has 0 saturated heterocycles. The zero-order valence-electron chi connectivity index (χ0n) is 9.99. The van der Waals surface area contributed by atoms with Crippen LogP contribution >= 0.6 is 0 Å². The van der Waals surface area contributed by atoms with E-state index in [0.717, 1.165) is 18.4 Å². The standard InChI is InChI=1S/C14H21NO/c1-2-3-4-8-11-13(16)14(15)12-9-6-5-7-10-12/h5-7,9-10,14H,2-4,8,11,15H2,1H3/t14-/m1/s1. The lowest BCUT2D eigenvalue weighted by Crippen LogP contribution is -2.21. The minimum absolute atomic E-state index is 0.155. The summed E-state index contributed by atoms with van der Waals surface area (Å²) in [4.78, 5) is 11.8. The lowest BCUT2D eigenvalue weighted by atomic mass is 9.99. The Morgan fingerprint density at radius 1 is 1.19 bits per heavy atom. The fourth-order valence-corrected chi connectivity index (χ4v) is 1.73. The summed E-state index contributed by atoms with van der Waals surface area (Å²) >= 11 is 0. The molecule has 0 aliphatic heterocycles. The first kappa shape index (κ1) is 12.9. The first-order valence-corrected chi connectivity index (χ1v) is 6.09. The molecule has 0 amide bonds. The van der Waals surface area contributed by atoms with E-state index in [1.807, 2.05) is 30.3 Å². The van der Waals surface area contributed by atoms with Gasteiger partial charge >= 0.3 is 0 Å². The molecule has 2 nitrogen and oxygen atoms in total. The molecule has 1 aromatic carbocycles. The van der Waals surface area contributed by atoms with Crippen molar-refractivity contribution in [3.8, 4) is 0 Å². The molecule has 88 valence electrons. The van der Waals surface area contributed by atoms with Gasteiger partial charge in [-0.15, -0.1) is 0 Å². The number of hydrogen-bond donors (Lipinski definition) is 1. The van der Waals surface area contributed by atoms with Gasteiger partial charge in [0.15, 0.2) is 5.78 Å². The quantitative estimate of drug-likeness (QED) is 0.715. The van der Waals surface area contributed by atoms with Crippen LogP contribution in [-0.2, 0) is 4.79 Å². The molecular weight excluding hydrogens is 198 g/mol. The second-order valence-electron chi connectivity index (χ2n) is 4.17. The lowest BCUT2D eigenvalue weighted by molar-refractivity contribution is -0.120. The predicted molar refractivity (Wildman–Crippen MR) is 67.1 cm³/mol. The summed E-state index contributed by atoms with van der Waals surface area (Å²) in [5.74, 6) is 0.155. The Morgan fingerprint density at radius 2 is 1.88 bits per heavy atom. The van der Waals surface area contributed by atoms with Crippen LogP contribution in [0.5, 0.6) is 0 Å². The van der Waals surface area contributed by atoms with E-state index >= 15 is 0 Å². The van der Waals surface area contributed by atoms with Gasteiger partial charge < -0.3 is 5.73 Å². The van der Waals surface area contributed by atoms with Crippen molar-refractivity contribution in [3.05, 3.63) is 35.9 Å². The second-order valence-corrected chi connectivity index (χ2v) is 4.17. The van der Waals surface area contributed by atoms with E-state index in [0.29, 0.717) is 6.42 Å². The van der Waals surface area contributed by atoms with Crippen molar-refractivity contribution in [2.75, 3.05) is 0 Å². The van der Waals surface area contributed by atoms with Crippen LogP contribution in [0.2, 0.25) is 0 Å². The number of benzene rings is 1. The van der Waals surface area contributed by atoms with Gasteiger partial charge in [0.1, 0.15) is 0 Å². The molecule has 1 aromatic rings. The molecule has 2 N–H and O–H groups in total. The van der Waals surface area contributed by atoms with Gasteiger partial charge in [-0.3, -0.25) is 4.79 Å². The summed E-state index contributed by atoms with van der Waals surface area (Å²) in [5.41, 5.74) is 6.82. The first-order valence-electron chi connectivity index (χ1n) is 6.09. The Labute approximate surface area is 97.9 Å². The third-order valence-corrected chi connectivity index (χ3v) is 2.78. The maximum absolute atomic E-state index is 11.8. The van der Waals surface area contributed by atoms with Gasteiger partial charge in [-0.05, 0) is 12.0 Å². The van der Waals surface area contributed by atoms with Gasteiger partial charge in [0, 0.05) is 6.42 Å². The fourth-order valence-electron chi connectivity index (χ4n) is 1.73. The van der Waals surface area contributed by atoms with Crippen LogP contribution in [0, 0.1) is 0 Å². The molecule has 0 aliphatic carbocycles. The Kier molecular flexibility index (Phi) is 5.79. The maximum atomic E-state index is 11.8. The van der Waals surface area contributed by atoms with Crippen molar-refractivity contribution in [2.45, 2.75) is 45.1 Å². The molecule has 0 fully saturated rings. The van der Waals surface area contributed by atoms with Crippen LogP contribution < -0.4 is 5.73 Å². The molecule has 16 heavy (non-hydrogen) atoms. The van der Waals surface area contributed by atoms with Crippen molar-refractivity contribution in [3.63, 3.8) is 0 Å². The van der Waals surface area contributed by atoms with Crippen LogP contribution in [0.3, 0.4) is 0 Å². The van der Waals surface area contributed by atoms with Gasteiger partial charge in [0.2, 0.25) is 0 Å². The molecule has 0 bridgehead atoms. The number of Topliss-reactive ketones (excluding diaryl/α,β-unsaturated/α-hetero) is 1. The zero-order valence-corrected chi connectivity index (χ0v) is 9.99. The average Bonchev–Trinajstić information content (AvgIpc) is 2.34. The van der Waals surface area contributed by atoms with Crippen molar-refractivity contribution >= 4 is 5.78 Å². The normalized spacial score (nSPS) is 12.4. The number of hydrogen-bond acceptors (Lipinski definition) is 2. The van der Waals surface area contributed by atoms with E-state index in [1.165, 1.54) is 12.8 Å². The molecule has 0 aliphatic rings. The molecule has 0 aromatic heterocycles. The van der Waals surface area contributed by atoms with Crippen molar-refractivity contribution in [1.29, 1.82) is 0 Å². The van der Waals surface area contributed by atoms with Gasteiger partial charge in [-0.25, -0.2) is 0 Å². The molecule has 0 radical (unpaired) electrons. The fraction of sp³-hybridized carbons (Fsp3) is 0.500. The third kappa shape index (κ3) is 4.15. The number of carbonyl (C=O) groups excluding carboxylic acids is 1. The van der Waals surface area contributed by atoms with E-state index in [9.17, 15) is 4.79 Å². The Balaban J connectivity index is 2.37. The van der Waals surface area contributed by atoms with Crippen molar-refractivity contribution in [1.82, 2.24) is 0 Å². The summed E-state index contributed by atoms with van der Waals surface area (Å²) in [6, 6.07) is 9.15. The van der Waals surface area contributed by atoms with Crippen molar-refractivity contribution < 1.29 is 4.79 Å². The number of unbranched alkanes of at least 4 members (excludes halogenated alkanes) is 3. The van der Waals surface area contributed by atoms with Crippen LogP contribution in [-0.4, -0.2) is 5.78 Å². The zero-order chi connectivity index (χ0) is 11.8. The second kappa shape index (κ2) is 7.18. The molecule has 0 saturated carbocycles. The maximum Gasteiger partial charge on any atom is 0.154 e. The topological polar surface area (TPSA) is 43.1 Å². The summed E-state index contributed by atoms with van der Waals surface area (Å²) in [6.07, 6.45) is 5.10. The number of ketones is 1. The third-order valence-electron chi connectivity index (χ3n) is 2.78. The Morgan fingerprint density at radius 3 is 2.50 bits per heavy atom. The van der Waals surface area contributed by atoms with Gasteiger partial charge in [-0.2, -0.15) is 0 Å². The predicted octanol–water partition coefficient (Wildman–Crippen LogP) is 3.23. The molecule has 1 atom stereocenters. The molecule has 0 spiro atoms. The summed E-state index contributed by atoms with van der Waals surface area (Å²) in [5, 5.41) is 0. The van der Waals surface area contributed by atoms with Crippen LogP contribution in [0.25, 0.3) is 0 Å². The van der Waals surface area contributed by atoms with Gasteiger partial charge in [-0.1, -0.05) is 56.5 Å². The number of rotatable bonds is 7. The van der Waals surface area contributed by atoms with Crippen LogP contribution in [0.4, 0.5) is 0 Å². The summed E-state index contributed by atoms with van der Waals surface area (Å²) in [7, 11) is 0. The molecule has 1 rings (SSSR count). The summed E-state index contributed by atoms with van der Waals surface area (Å²) in [6.45, 7) is 2.16. The minimum atomic E-state index is -0.442. The molecular formula is C14H21NO. The lowest BCUT2D eigenvalue weighted by Gasteiger charge is -2.10. The first-order chi connectivity index (χ1) is 7.75. The van der Waals surface area contributed by atoms with E-state index in [4.69, 9.17) is 5.73 Å².